The maximum atomic E-state index is 13.2. The molecule has 0 spiro atoms. The third-order valence-electron chi connectivity index (χ3n) is 6.59. The van der Waals surface area contributed by atoms with Gasteiger partial charge in [-0.1, -0.05) is 31.5 Å². The van der Waals surface area contributed by atoms with Gasteiger partial charge in [-0.25, -0.2) is 0 Å². The average molecular weight is 311 g/mol. The molecule has 1 amide bonds. The molecule has 0 aliphatic heterocycles. The van der Waals surface area contributed by atoms with Crippen LogP contribution in [0, 0.1) is 23.2 Å². The minimum atomic E-state index is -0.0490. The molecule has 0 aromatic heterocycles. The van der Waals surface area contributed by atoms with E-state index in [0.29, 0.717) is 5.91 Å². The summed E-state index contributed by atoms with van der Waals surface area (Å²) in [6.45, 7) is 2.22. The van der Waals surface area contributed by atoms with Crippen LogP contribution in [-0.4, -0.2) is 5.91 Å². The first-order valence-corrected chi connectivity index (χ1v) is 9.58. The summed E-state index contributed by atoms with van der Waals surface area (Å²) in [6.07, 6.45) is 11.0. The zero-order valence-electron chi connectivity index (χ0n) is 14.3. The second-order valence-electron chi connectivity index (χ2n) is 8.41. The minimum absolute atomic E-state index is 0.0490. The van der Waals surface area contributed by atoms with Crippen LogP contribution in [0.25, 0.3) is 0 Å². The highest BCUT2D eigenvalue weighted by atomic mass is 16.2. The van der Waals surface area contributed by atoms with E-state index in [9.17, 15) is 4.79 Å². The number of unbranched alkanes of at least 4 members (excludes halogenated alkanes) is 1. The average Bonchev–Trinajstić information content (AvgIpc) is 2.53. The summed E-state index contributed by atoms with van der Waals surface area (Å²) in [5.41, 5.74) is 2.31. The SMILES string of the molecule is CCCCc1ccccc1NC(=O)C12CC3CC(CC(C3)C1)C2. The first-order valence-electron chi connectivity index (χ1n) is 9.58. The van der Waals surface area contributed by atoms with Crippen molar-refractivity contribution >= 4 is 11.6 Å². The summed E-state index contributed by atoms with van der Waals surface area (Å²) in [5, 5.41) is 3.34. The number of carbonyl (C=O) groups excluding carboxylic acids is 1. The second kappa shape index (κ2) is 5.96. The van der Waals surface area contributed by atoms with Crippen LogP contribution in [0.15, 0.2) is 24.3 Å². The summed E-state index contributed by atoms with van der Waals surface area (Å²) in [6, 6.07) is 8.39. The highest BCUT2D eigenvalue weighted by Gasteiger charge is 2.54. The van der Waals surface area contributed by atoms with Crippen molar-refractivity contribution < 1.29 is 4.79 Å². The molecule has 4 fully saturated rings. The lowest BCUT2D eigenvalue weighted by atomic mass is 9.49. The quantitative estimate of drug-likeness (QED) is 0.797. The van der Waals surface area contributed by atoms with Gasteiger partial charge in [0.05, 0.1) is 5.41 Å². The van der Waals surface area contributed by atoms with Gasteiger partial charge < -0.3 is 5.32 Å². The molecular weight excluding hydrogens is 282 g/mol. The third-order valence-corrected chi connectivity index (χ3v) is 6.59. The van der Waals surface area contributed by atoms with Crippen molar-refractivity contribution in [2.45, 2.75) is 64.7 Å². The Morgan fingerprint density at radius 3 is 2.30 bits per heavy atom. The molecule has 2 heteroatoms. The van der Waals surface area contributed by atoms with E-state index in [2.05, 4.69) is 30.4 Å². The van der Waals surface area contributed by atoms with Crippen molar-refractivity contribution in [1.29, 1.82) is 0 Å². The third kappa shape index (κ3) is 2.81. The monoisotopic (exact) mass is 311 g/mol. The molecule has 0 saturated heterocycles. The highest BCUT2D eigenvalue weighted by Crippen LogP contribution is 2.60. The van der Waals surface area contributed by atoms with Gasteiger partial charge in [0, 0.05) is 5.69 Å². The second-order valence-corrected chi connectivity index (χ2v) is 8.41. The molecule has 1 aromatic rings. The van der Waals surface area contributed by atoms with Crippen molar-refractivity contribution in [3.63, 3.8) is 0 Å². The molecule has 124 valence electrons. The van der Waals surface area contributed by atoms with E-state index in [1.165, 1.54) is 37.7 Å². The van der Waals surface area contributed by atoms with E-state index in [1.807, 2.05) is 6.07 Å². The maximum absolute atomic E-state index is 13.2. The fourth-order valence-corrected chi connectivity index (χ4v) is 5.87. The number of aryl methyl sites for hydroxylation is 1. The van der Waals surface area contributed by atoms with Gasteiger partial charge in [-0.2, -0.15) is 0 Å². The summed E-state index contributed by atoms with van der Waals surface area (Å²) < 4.78 is 0. The number of hydrogen-bond acceptors (Lipinski definition) is 1. The van der Waals surface area contributed by atoms with Crippen molar-refractivity contribution in [1.82, 2.24) is 0 Å². The van der Waals surface area contributed by atoms with Crippen LogP contribution in [-0.2, 0) is 11.2 Å². The van der Waals surface area contributed by atoms with Crippen LogP contribution in [0.2, 0.25) is 0 Å². The van der Waals surface area contributed by atoms with Gasteiger partial charge in [-0.05, 0) is 80.8 Å². The molecule has 0 heterocycles. The van der Waals surface area contributed by atoms with Crippen LogP contribution < -0.4 is 5.32 Å². The zero-order chi connectivity index (χ0) is 15.9. The van der Waals surface area contributed by atoms with E-state index in [1.54, 1.807) is 0 Å². The topological polar surface area (TPSA) is 29.1 Å². The van der Waals surface area contributed by atoms with Crippen LogP contribution in [0.4, 0.5) is 5.69 Å². The number of nitrogens with one attached hydrogen (secondary N) is 1. The molecule has 4 aliphatic carbocycles. The van der Waals surface area contributed by atoms with Crippen molar-refractivity contribution in [3.8, 4) is 0 Å². The standard InChI is InChI=1S/C21H29NO/c1-2-3-6-18-7-4-5-8-19(18)22-20(23)21-12-15-9-16(13-21)11-17(10-15)14-21/h4-5,7-8,15-17H,2-3,6,9-14H2,1H3,(H,22,23). The van der Waals surface area contributed by atoms with Gasteiger partial charge in [0.15, 0.2) is 0 Å². The molecule has 4 aliphatic rings. The van der Waals surface area contributed by atoms with Gasteiger partial charge in [0.2, 0.25) is 5.91 Å². The van der Waals surface area contributed by atoms with E-state index >= 15 is 0 Å². The number of benzene rings is 1. The summed E-state index contributed by atoms with van der Waals surface area (Å²) in [4.78, 5) is 13.2. The first kappa shape index (κ1) is 15.2. The number of amides is 1. The molecule has 0 unspecified atom stereocenters. The van der Waals surface area contributed by atoms with E-state index in [-0.39, 0.29) is 5.41 Å². The van der Waals surface area contributed by atoms with Gasteiger partial charge in [-0.3, -0.25) is 4.79 Å². The highest BCUT2D eigenvalue weighted by molar-refractivity contribution is 5.96. The lowest BCUT2D eigenvalue weighted by Crippen LogP contribution is -2.51. The summed E-state index contributed by atoms with van der Waals surface area (Å²) in [7, 11) is 0. The van der Waals surface area contributed by atoms with Gasteiger partial charge in [0.25, 0.3) is 0 Å². The molecular formula is C21H29NO. The van der Waals surface area contributed by atoms with Crippen molar-refractivity contribution in [3.05, 3.63) is 29.8 Å². The lowest BCUT2D eigenvalue weighted by Gasteiger charge is -2.55. The Balaban J connectivity index is 1.52. The Bertz CT molecular complexity index is 556. The Morgan fingerprint density at radius 1 is 1.09 bits per heavy atom. The molecule has 1 aromatic carbocycles. The van der Waals surface area contributed by atoms with Gasteiger partial charge in [0.1, 0.15) is 0 Å². The zero-order valence-corrected chi connectivity index (χ0v) is 14.3. The molecule has 4 saturated carbocycles. The number of anilines is 1. The van der Waals surface area contributed by atoms with Crippen LogP contribution >= 0.6 is 0 Å². The van der Waals surface area contributed by atoms with Gasteiger partial charge >= 0.3 is 0 Å². The lowest BCUT2D eigenvalue weighted by molar-refractivity contribution is -0.140. The Morgan fingerprint density at radius 2 is 1.70 bits per heavy atom. The number of para-hydroxylation sites is 1. The molecule has 5 rings (SSSR count). The summed E-state index contributed by atoms with van der Waals surface area (Å²) >= 11 is 0. The maximum Gasteiger partial charge on any atom is 0.230 e. The van der Waals surface area contributed by atoms with Gasteiger partial charge in [-0.15, -0.1) is 0 Å². The van der Waals surface area contributed by atoms with E-state index in [4.69, 9.17) is 0 Å². The molecule has 1 N–H and O–H groups in total. The van der Waals surface area contributed by atoms with E-state index in [0.717, 1.165) is 49.1 Å². The number of hydrogen-bond donors (Lipinski definition) is 1. The predicted molar refractivity (Wildman–Crippen MR) is 94.3 cm³/mol. The first-order chi connectivity index (χ1) is 11.2. The van der Waals surface area contributed by atoms with Crippen LogP contribution in [0.3, 0.4) is 0 Å². The molecule has 0 atom stereocenters. The largest absolute Gasteiger partial charge is 0.325 e. The smallest absolute Gasteiger partial charge is 0.230 e. The van der Waals surface area contributed by atoms with Crippen molar-refractivity contribution in [2.24, 2.45) is 23.2 Å². The number of rotatable bonds is 5. The Kier molecular flexibility index (Phi) is 3.95. The Labute approximate surface area is 140 Å². The Hall–Kier alpha value is -1.31. The fraction of sp³-hybridized carbons (Fsp3) is 0.667. The van der Waals surface area contributed by atoms with Crippen LogP contribution in [0.1, 0.15) is 63.9 Å². The molecule has 4 bridgehead atoms. The molecule has 0 radical (unpaired) electrons. The summed E-state index contributed by atoms with van der Waals surface area (Å²) in [5.74, 6) is 2.78. The fourth-order valence-electron chi connectivity index (χ4n) is 5.87. The normalized spacial score (nSPS) is 34.6. The molecule has 23 heavy (non-hydrogen) atoms. The van der Waals surface area contributed by atoms with Crippen molar-refractivity contribution in [2.75, 3.05) is 5.32 Å². The molecule has 2 nitrogen and oxygen atoms in total. The predicted octanol–water partition coefficient (Wildman–Crippen LogP) is 5.18. The number of carbonyl (C=O) groups is 1. The van der Waals surface area contributed by atoms with E-state index < -0.39 is 0 Å². The minimum Gasteiger partial charge on any atom is -0.325 e. The van der Waals surface area contributed by atoms with Crippen LogP contribution in [0.5, 0.6) is 0 Å².